The van der Waals surface area contributed by atoms with E-state index in [-0.39, 0.29) is 18.1 Å². The number of benzene rings is 2. The van der Waals surface area contributed by atoms with Crippen molar-refractivity contribution in [3.05, 3.63) is 71.8 Å². The van der Waals surface area contributed by atoms with Gasteiger partial charge in [-0.3, -0.25) is 9.69 Å². The molecule has 0 N–H and O–H groups in total. The Bertz CT molecular complexity index is 676. The molecule has 0 aliphatic rings. The van der Waals surface area contributed by atoms with Crippen LogP contribution in [0, 0.1) is 0 Å². The molecule has 0 aliphatic heterocycles. The predicted octanol–water partition coefficient (Wildman–Crippen LogP) is 5.37. The average molecular weight is 354 g/mol. The molecule has 0 aliphatic carbocycles. The second-order valence-corrected chi connectivity index (χ2v) is 7.88. The molecule has 0 spiro atoms. The molecule has 0 aromatic heterocycles. The van der Waals surface area contributed by atoms with Gasteiger partial charge in [-0.15, -0.1) is 0 Å². The van der Waals surface area contributed by atoms with Gasteiger partial charge in [0.15, 0.2) is 0 Å². The van der Waals surface area contributed by atoms with Crippen LogP contribution in [0.15, 0.2) is 60.7 Å². The maximum atomic E-state index is 12.3. The third kappa shape index (κ3) is 6.30. The highest BCUT2D eigenvalue weighted by molar-refractivity contribution is 5.70. The Morgan fingerprint density at radius 3 is 2.04 bits per heavy atom. The lowest BCUT2D eigenvalue weighted by molar-refractivity contribution is -0.156. The van der Waals surface area contributed by atoms with Crippen LogP contribution in [0.3, 0.4) is 0 Å². The van der Waals surface area contributed by atoms with E-state index in [1.165, 1.54) is 11.1 Å². The fourth-order valence-corrected chi connectivity index (χ4v) is 3.13. The Balaban J connectivity index is 2.17. The third-order valence-corrected chi connectivity index (χ3v) is 4.44. The van der Waals surface area contributed by atoms with Gasteiger partial charge in [-0.05, 0) is 45.7 Å². The van der Waals surface area contributed by atoms with Crippen molar-refractivity contribution in [2.75, 3.05) is 0 Å². The number of hydrogen-bond donors (Lipinski definition) is 0. The van der Waals surface area contributed by atoms with Gasteiger partial charge in [0.1, 0.15) is 5.60 Å². The third-order valence-electron chi connectivity index (χ3n) is 4.44. The molecule has 0 heterocycles. The predicted molar refractivity (Wildman–Crippen MR) is 107 cm³/mol. The molecule has 0 amide bonds. The van der Waals surface area contributed by atoms with E-state index in [2.05, 4.69) is 67.3 Å². The summed E-state index contributed by atoms with van der Waals surface area (Å²) in [7, 11) is 0. The molecule has 0 bridgehead atoms. The Morgan fingerprint density at radius 1 is 0.962 bits per heavy atom. The van der Waals surface area contributed by atoms with E-state index in [4.69, 9.17) is 4.74 Å². The summed E-state index contributed by atoms with van der Waals surface area (Å²) in [6, 6.07) is 21.1. The molecular weight excluding hydrogens is 322 g/mol. The van der Waals surface area contributed by atoms with Crippen molar-refractivity contribution < 1.29 is 9.53 Å². The first-order valence-corrected chi connectivity index (χ1v) is 9.33. The van der Waals surface area contributed by atoms with Gasteiger partial charge in [-0.25, -0.2) is 0 Å². The lowest BCUT2D eigenvalue weighted by Gasteiger charge is -2.35. The van der Waals surface area contributed by atoms with Crippen molar-refractivity contribution in [1.29, 1.82) is 0 Å². The van der Waals surface area contributed by atoms with E-state index in [0.29, 0.717) is 6.42 Å². The fraction of sp³-hybridized carbons (Fsp3) is 0.435. The highest BCUT2D eigenvalue weighted by Crippen LogP contribution is 2.26. The second-order valence-electron chi connectivity index (χ2n) is 7.88. The van der Waals surface area contributed by atoms with E-state index in [1.54, 1.807) is 0 Å². The van der Waals surface area contributed by atoms with Gasteiger partial charge >= 0.3 is 5.97 Å². The molecule has 26 heavy (non-hydrogen) atoms. The van der Waals surface area contributed by atoms with Gasteiger partial charge in [0.25, 0.3) is 0 Å². The van der Waals surface area contributed by atoms with Crippen LogP contribution in [0.4, 0.5) is 0 Å². The number of rotatable bonds is 7. The number of carbonyl (C=O) groups excluding carboxylic acids is 1. The van der Waals surface area contributed by atoms with Crippen LogP contribution in [0.1, 0.15) is 58.2 Å². The van der Waals surface area contributed by atoms with Crippen LogP contribution in [0.5, 0.6) is 0 Å². The maximum Gasteiger partial charge on any atom is 0.307 e. The van der Waals surface area contributed by atoms with E-state index in [9.17, 15) is 4.79 Å². The quantitative estimate of drug-likeness (QED) is 0.627. The molecule has 0 saturated heterocycles. The Morgan fingerprint density at radius 2 is 1.50 bits per heavy atom. The standard InChI is InChI=1S/C23H31NO2/c1-18(16-22(25)26-23(3,4)5)24(17-20-12-8-6-9-13-20)19(2)21-14-10-7-11-15-21/h6-15,18-19H,16-17H2,1-5H3/t18-,19-/m1/s1. The summed E-state index contributed by atoms with van der Waals surface area (Å²) in [4.78, 5) is 14.7. The van der Waals surface area contributed by atoms with Crippen LogP contribution >= 0.6 is 0 Å². The number of esters is 1. The maximum absolute atomic E-state index is 12.3. The topological polar surface area (TPSA) is 29.5 Å². The molecule has 2 atom stereocenters. The lowest BCUT2D eigenvalue weighted by atomic mass is 10.0. The van der Waals surface area contributed by atoms with Crippen LogP contribution in [-0.2, 0) is 16.1 Å². The van der Waals surface area contributed by atoms with E-state index in [0.717, 1.165) is 6.54 Å². The van der Waals surface area contributed by atoms with Crippen molar-refractivity contribution in [3.8, 4) is 0 Å². The van der Waals surface area contributed by atoms with Crippen molar-refractivity contribution in [1.82, 2.24) is 4.90 Å². The van der Waals surface area contributed by atoms with Crippen molar-refractivity contribution in [3.63, 3.8) is 0 Å². The van der Waals surface area contributed by atoms with Gasteiger partial charge in [-0.2, -0.15) is 0 Å². The number of carbonyl (C=O) groups is 1. The molecule has 2 rings (SSSR count). The molecular formula is C23H31NO2. The minimum Gasteiger partial charge on any atom is -0.460 e. The van der Waals surface area contributed by atoms with E-state index >= 15 is 0 Å². The molecule has 3 nitrogen and oxygen atoms in total. The second kappa shape index (κ2) is 9.00. The van der Waals surface area contributed by atoms with Crippen LogP contribution < -0.4 is 0 Å². The Kier molecular flexibility index (Phi) is 6.98. The summed E-state index contributed by atoms with van der Waals surface area (Å²) >= 11 is 0. The average Bonchev–Trinajstić information content (AvgIpc) is 2.59. The molecule has 2 aromatic rings. The van der Waals surface area contributed by atoms with Gasteiger partial charge in [0.2, 0.25) is 0 Å². The first kappa shape index (κ1) is 20.2. The van der Waals surface area contributed by atoms with Gasteiger partial charge < -0.3 is 4.74 Å². The first-order valence-electron chi connectivity index (χ1n) is 9.33. The SMILES string of the molecule is C[C@H](CC(=O)OC(C)(C)C)N(Cc1ccccc1)[C@H](C)c1ccccc1. The number of hydrogen-bond acceptors (Lipinski definition) is 3. The largest absolute Gasteiger partial charge is 0.460 e. The van der Waals surface area contributed by atoms with Gasteiger partial charge in [0.05, 0.1) is 6.42 Å². The zero-order valence-electron chi connectivity index (χ0n) is 16.6. The van der Waals surface area contributed by atoms with Crippen LogP contribution in [0.2, 0.25) is 0 Å². The summed E-state index contributed by atoms with van der Waals surface area (Å²) in [5.41, 5.74) is 2.04. The van der Waals surface area contributed by atoms with Gasteiger partial charge in [-0.1, -0.05) is 60.7 Å². The molecule has 0 saturated carbocycles. The highest BCUT2D eigenvalue weighted by atomic mass is 16.6. The number of nitrogens with zero attached hydrogens (tertiary/aromatic N) is 1. The van der Waals surface area contributed by atoms with E-state index in [1.807, 2.05) is 32.9 Å². The molecule has 0 unspecified atom stereocenters. The zero-order chi connectivity index (χ0) is 19.2. The first-order chi connectivity index (χ1) is 12.3. The normalized spacial score (nSPS) is 14.1. The van der Waals surface area contributed by atoms with E-state index < -0.39 is 5.60 Å². The summed E-state index contributed by atoms with van der Waals surface area (Å²) in [6.07, 6.45) is 0.376. The van der Waals surface area contributed by atoms with Gasteiger partial charge in [0, 0.05) is 18.6 Å². The van der Waals surface area contributed by atoms with Crippen molar-refractivity contribution >= 4 is 5.97 Å². The molecule has 0 fully saturated rings. The fourth-order valence-electron chi connectivity index (χ4n) is 3.13. The van der Waals surface area contributed by atoms with Crippen molar-refractivity contribution in [2.24, 2.45) is 0 Å². The molecule has 2 aromatic carbocycles. The summed E-state index contributed by atoms with van der Waals surface area (Å²) in [5.74, 6) is -0.150. The molecule has 140 valence electrons. The highest BCUT2D eigenvalue weighted by Gasteiger charge is 2.26. The minimum atomic E-state index is -0.452. The molecule has 0 radical (unpaired) electrons. The summed E-state index contributed by atoms with van der Waals surface area (Å²) < 4.78 is 5.53. The smallest absolute Gasteiger partial charge is 0.307 e. The van der Waals surface area contributed by atoms with Crippen LogP contribution in [-0.4, -0.2) is 22.5 Å². The minimum absolute atomic E-state index is 0.0697. The summed E-state index contributed by atoms with van der Waals surface area (Å²) in [5, 5.41) is 0. The van der Waals surface area contributed by atoms with Crippen LogP contribution in [0.25, 0.3) is 0 Å². The zero-order valence-corrected chi connectivity index (χ0v) is 16.6. The Hall–Kier alpha value is -2.13. The van der Waals surface area contributed by atoms with Crippen molar-refractivity contribution in [2.45, 2.75) is 65.3 Å². The Labute approximate surface area is 158 Å². The number of ether oxygens (including phenoxy) is 1. The lowest BCUT2D eigenvalue weighted by Crippen LogP contribution is -2.38. The molecule has 3 heteroatoms. The summed E-state index contributed by atoms with van der Waals surface area (Å²) in [6.45, 7) is 10.8. The monoisotopic (exact) mass is 353 g/mol.